The van der Waals surface area contributed by atoms with Gasteiger partial charge in [0.05, 0.1) is 12.8 Å². The maximum absolute atomic E-state index is 11.1. The molecule has 0 radical (unpaired) electrons. The maximum atomic E-state index is 11.1. The first-order chi connectivity index (χ1) is 8.79. The standard InChI is InChI=1S/C13H13NO4/c1-2-16-12(15)9-18-11-5-3-10(4-6-11)13-14-7-8-17-13/h3-8H,2,9H2,1H3. The number of rotatable bonds is 5. The molecule has 0 unspecified atom stereocenters. The summed E-state index contributed by atoms with van der Waals surface area (Å²) < 4.78 is 15.2. The van der Waals surface area contributed by atoms with Gasteiger partial charge in [0.2, 0.25) is 5.89 Å². The number of benzene rings is 1. The van der Waals surface area contributed by atoms with Gasteiger partial charge in [0.25, 0.3) is 0 Å². The van der Waals surface area contributed by atoms with E-state index in [1.165, 1.54) is 6.26 Å². The van der Waals surface area contributed by atoms with E-state index < -0.39 is 0 Å². The molecule has 2 aromatic rings. The van der Waals surface area contributed by atoms with Gasteiger partial charge in [-0.05, 0) is 31.2 Å². The van der Waals surface area contributed by atoms with Crippen LogP contribution < -0.4 is 4.74 Å². The van der Waals surface area contributed by atoms with Crippen LogP contribution in [0, 0.1) is 0 Å². The number of aromatic nitrogens is 1. The van der Waals surface area contributed by atoms with Crippen molar-refractivity contribution in [2.75, 3.05) is 13.2 Å². The molecule has 0 aliphatic rings. The van der Waals surface area contributed by atoms with Gasteiger partial charge in [-0.25, -0.2) is 9.78 Å². The number of carbonyl (C=O) groups is 1. The summed E-state index contributed by atoms with van der Waals surface area (Å²) in [6, 6.07) is 7.12. The highest BCUT2D eigenvalue weighted by Crippen LogP contribution is 2.20. The van der Waals surface area contributed by atoms with Crippen molar-refractivity contribution in [3.05, 3.63) is 36.7 Å². The zero-order valence-corrected chi connectivity index (χ0v) is 9.96. The second-order valence-electron chi connectivity index (χ2n) is 3.46. The van der Waals surface area contributed by atoms with Crippen LogP contribution in [0.5, 0.6) is 5.75 Å². The zero-order valence-electron chi connectivity index (χ0n) is 9.96. The van der Waals surface area contributed by atoms with E-state index in [1.54, 1.807) is 25.3 Å². The number of hydrogen-bond acceptors (Lipinski definition) is 5. The Hall–Kier alpha value is -2.30. The van der Waals surface area contributed by atoms with Gasteiger partial charge in [0, 0.05) is 5.56 Å². The third-order valence-corrected chi connectivity index (χ3v) is 2.20. The number of oxazole rings is 1. The lowest BCUT2D eigenvalue weighted by Gasteiger charge is -2.05. The van der Waals surface area contributed by atoms with Crippen LogP contribution in [0.4, 0.5) is 0 Å². The minimum Gasteiger partial charge on any atom is -0.482 e. The minimum atomic E-state index is -0.380. The summed E-state index contributed by atoms with van der Waals surface area (Å²) in [7, 11) is 0. The first-order valence-corrected chi connectivity index (χ1v) is 5.58. The van der Waals surface area contributed by atoms with Crippen LogP contribution in [0.25, 0.3) is 11.5 Å². The molecule has 0 saturated heterocycles. The highest BCUT2D eigenvalue weighted by molar-refractivity contribution is 5.71. The molecule has 1 heterocycles. The normalized spacial score (nSPS) is 10.1. The van der Waals surface area contributed by atoms with Crippen LogP contribution in [-0.2, 0) is 9.53 Å². The van der Waals surface area contributed by atoms with E-state index in [0.29, 0.717) is 18.2 Å². The molecule has 0 amide bonds. The summed E-state index contributed by atoms with van der Waals surface area (Å²) >= 11 is 0. The Balaban J connectivity index is 1.94. The summed E-state index contributed by atoms with van der Waals surface area (Å²) in [4.78, 5) is 15.1. The van der Waals surface area contributed by atoms with Crippen molar-refractivity contribution < 1.29 is 18.7 Å². The molecular weight excluding hydrogens is 234 g/mol. The highest BCUT2D eigenvalue weighted by Gasteiger charge is 2.05. The second-order valence-corrected chi connectivity index (χ2v) is 3.46. The molecule has 18 heavy (non-hydrogen) atoms. The number of carbonyl (C=O) groups excluding carboxylic acids is 1. The quantitative estimate of drug-likeness (QED) is 0.758. The van der Waals surface area contributed by atoms with Crippen LogP contribution in [0.15, 0.2) is 41.1 Å². The number of ether oxygens (including phenoxy) is 2. The molecule has 5 nitrogen and oxygen atoms in total. The summed E-state index contributed by atoms with van der Waals surface area (Å²) in [6.07, 6.45) is 3.10. The number of hydrogen-bond donors (Lipinski definition) is 0. The second kappa shape index (κ2) is 5.86. The highest BCUT2D eigenvalue weighted by atomic mass is 16.6. The average molecular weight is 247 g/mol. The Bertz CT molecular complexity index is 490. The summed E-state index contributed by atoms with van der Waals surface area (Å²) in [5, 5.41) is 0. The molecule has 0 aliphatic heterocycles. The SMILES string of the molecule is CCOC(=O)COc1ccc(-c2ncco2)cc1. The molecule has 1 aromatic carbocycles. The Kier molecular flexibility index (Phi) is 3.96. The summed E-state index contributed by atoms with van der Waals surface area (Å²) in [5.41, 5.74) is 0.850. The molecule has 0 spiro atoms. The minimum absolute atomic E-state index is 0.0911. The van der Waals surface area contributed by atoms with E-state index in [0.717, 1.165) is 5.56 Å². The smallest absolute Gasteiger partial charge is 0.344 e. The Morgan fingerprint density at radius 2 is 2.11 bits per heavy atom. The average Bonchev–Trinajstić information content (AvgIpc) is 2.91. The lowest BCUT2D eigenvalue weighted by Crippen LogP contribution is -2.14. The van der Waals surface area contributed by atoms with Crippen molar-refractivity contribution in [3.63, 3.8) is 0 Å². The van der Waals surface area contributed by atoms with Crippen LogP contribution in [0.1, 0.15) is 6.92 Å². The molecule has 0 aliphatic carbocycles. The molecule has 0 N–H and O–H groups in total. The first kappa shape index (κ1) is 12.2. The summed E-state index contributed by atoms with van der Waals surface area (Å²) in [6.45, 7) is 2.01. The van der Waals surface area contributed by atoms with Gasteiger partial charge in [0.1, 0.15) is 12.0 Å². The fraction of sp³-hybridized carbons (Fsp3) is 0.231. The Morgan fingerprint density at radius 3 is 2.72 bits per heavy atom. The fourth-order valence-electron chi connectivity index (χ4n) is 1.40. The lowest BCUT2D eigenvalue weighted by molar-refractivity contribution is -0.145. The molecule has 0 saturated carbocycles. The first-order valence-electron chi connectivity index (χ1n) is 5.58. The van der Waals surface area contributed by atoms with Gasteiger partial charge in [0.15, 0.2) is 6.61 Å². The van der Waals surface area contributed by atoms with E-state index in [1.807, 2.05) is 12.1 Å². The van der Waals surface area contributed by atoms with Crippen LogP contribution in [0.3, 0.4) is 0 Å². The molecule has 94 valence electrons. The number of esters is 1. The third-order valence-electron chi connectivity index (χ3n) is 2.20. The van der Waals surface area contributed by atoms with Crippen molar-refractivity contribution in [1.29, 1.82) is 0 Å². The van der Waals surface area contributed by atoms with E-state index in [9.17, 15) is 4.79 Å². The fourth-order valence-corrected chi connectivity index (χ4v) is 1.40. The Labute approximate surface area is 104 Å². The van der Waals surface area contributed by atoms with Crippen LogP contribution in [0.2, 0.25) is 0 Å². The number of nitrogens with zero attached hydrogens (tertiary/aromatic N) is 1. The largest absolute Gasteiger partial charge is 0.482 e. The summed E-state index contributed by atoms with van der Waals surface area (Å²) in [5.74, 6) is 0.763. The van der Waals surface area contributed by atoms with Gasteiger partial charge in [-0.1, -0.05) is 0 Å². The van der Waals surface area contributed by atoms with Crippen LogP contribution >= 0.6 is 0 Å². The van der Waals surface area contributed by atoms with Gasteiger partial charge in [-0.2, -0.15) is 0 Å². The van der Waals surface area contributed by atoms with Gasteiger partial charge in [-0.3, -0.25) is 0 Å². The molecule has 0 atom stereocenters. The predicted molar refractivity (Wildman–Crippen MR) is 64.1 cm³/mol. The van der Waals surface area contributed by atoms with Crippen molar-refractivity contribution in [3.8, 4) is 17.2 Å². The van der Waals surface area contributed by atoms with Crippen molar-refractivity contribution in [1.82, 2.24) is 4.98 Å². The topological polar surface area (TPSA) is 61.6 Å². The molecule has 0 fully saturated rings. The van der Waals surface area contributed by atoms with Crippen molar-refractivity contribution in [2.24, 2.45) is 0 Å². The molecule has 1 aromatic heterocycles. The predicted octanol–water partition coefficient (Wildman–Crippen LogP) is 2.28. The molecule has 2 rings (SSSR count). The van der Waals surface area contributed by atoms with Crippen molar-refractivity contribution >= 4 is 5.97 Å². The lowest BCUT2D eigenvalue weighted by atomic mass is 10.2. The maximum Gasteiger partial charge on any atom is 0.344 e. The van der Waals surface area contributed by atoms with E-state index in [4.69, 9.17) is 13.9 Å². The molecule has 5 heteroatoms. The molecule has 0 bridgehead atoms. The van der Waals surface area contributed by atoms with E-state index in [2.05, 4.69) is 4.98 Å². The van der Waals surface area contributed by atoms with Gasteiger partial charge >= 0.3 is 5.97 Å². The van der Waals surface area contributed by atoms with E-state index in [-0.39, 0.29) is 12.6 Å². The van der Waals surface area contributed by atoms with E-state index >= 15 is 0 Å². The van der Waals surface area contributed by atoms with Gasteiger partial charge < -0.3 is 13.9 Å². The zero-order chi connectivity index (χ0) is 12.8. The monoisotopic (exact) mass is 247 g/mol. The van der Waals surface area contributed by atoms with Crippen LogP contribution in [-0.4, -0.2) is 24.2 Å². The van der Waals surface area contributed by atoms with Gasteiger partial charge in [-0.15, -0.1) is 0 Å². The third kappa shape index (κ3) is 3.10. The van der Waals surface area contributed by atoms with Crippen molar-refractivity contribution in [2.45, 2.75) is 6.92 Å². The Morgan fingerprint density at radius 1 is 1.33 bits per heavy atom. The molecular formula is C13H13NO4.